The molecule has 2 N–H and O–H groups in total. The van der Waals surface area contributed by atoms with Crippen molar-refractivity contribution in [2.45, 2.75) is 0 Å². The summed E-state index contributed by atoms with van der Waals surface area (Å²) in [5.74, 6) is 1.21. The average Bonchev–Trinajstić information content (AvgIpc) is 2.51. The third-order valence-corrected chi connectivity index (χ3v) is 3.58. The van der Waals surface area contributed by atoms with Crippen molar-refractivity contribution >= 4 is 39.6 Å². The van der Waals surface area contributed by atoms with Gasteiger partial charge < -0.3 is 10.5 Å². The molecule has 0 unspecified atom stereocenters. The number of fused-ring (bicyclic) bond motifs is 1. The van der Waals surface area contributed by atoms with Crippen LogP contribution in [0.2, 0.25) is 5.02 Å². The molecule has 104 valence electrons. The lowest BCUT2D eigenvalue weighted by atomic mass is 10.1. The molecule has 5 heteroatoms. The molecule has 0 aliphatic heterocycles. The first-order valence-corrected chi connectivity index (χ1v) is 7.05. The molecule has 0 bridgehead atoms. The molecular weight excluding hydrogens is 304 g/mol. The van der Waals surface area contributed by atoms with Crippen molar-refractivity contribution in [3.63, 3.8) is 0 Å². The van der Waals surface area contributed by atoms with Crippen LogP contribution in [0.4, 0.5) is 0 Å². The molecule has 0 fully saturated rings. The Morgan fingerprint density at radius 1 is 1.00 bits per heavy atom. The highest BCUT2D eigenvalue weighted by Crippen LogP contribution is 2.34. The van der Waals surface area contributed by atoms with Crippen LogP contribution < -0.4 is 10.5 Å². The first-order chi connectivity index (χ1) is 10.2. The van der Waals surface area contributed by atoms with Crippen molar-refractivity contribution < 1.29 is 4.74 Å². The molecule has 3 aromatic rings. The number of ether oxygens (including phenoxy) is 1. The molecule has 3 rings (SSSR count). The van der Waals surface area contributed by atoms with Crippen LogP contribution in [0, 0.1) is 0 Å². The lowest BCUT2D eigenvalue weighted by Gasteiger charge is -2.12. The van der Waals surface area contributed by atoms with Gasteiger partial charge in [0.1, 0.15) is 16.4 Å². The zero-order valence-electron chi connectivity index (χ0n) is 10.9. The molecular formula is C16H11ClN2OS. The second-order valence-corrected chi connectivity index (χ2v) is 5.25. The Balaban J connectivity index is 2.11. The Morgan fingerprint density at radius 2 is 1.76 bits per heavy atom. The first-order valence-electron chi connectivity index (χ1n) is 6.27. The molecule has 0 saturated carbocycles. The monoisotopic (exact) mass is 314 g/mol. The average molecular weight is 315 g/mol. The lowest BCUT2D eigenvalue weighted by Crippen LogP contribution is -2.12. The number of halogens is 1. The first kappa shape index (κ1) is 13.8. The van der Waals surface area contributed by atoms with E-state index in [1.165, 1.54) is 0 Å². The molecule has 1 heterocycles. The smallest absolute Gasteiger partial charge is 0.156 e. The van der Waals surface area contributed by atoms with Gasteiger partial charge in [-0.05, 0) is 24.3 Å². The van der Waals surface area contributed by atoms with Crippen molar-refractivity contribution in [1.82, 2.24) is 4.98 Å². The number of pyridine rings is 1. The summed E-state index contributed by atoms with van der Waals surface area (Å²) in [4.78, 5) is 4.35. The van der Waals surface area contributed by atoms with E-state index in [1.54, 1.807) is 24.4 Å². The molecule has 1 aromatic heterocycles. The highest BCUT2D eigenvalue weighted by Gasteiger charge is 2.11. The summed E-state index contributed by atoms with van der Waals surface area (Å²) in [7, 11) is 0. The second kappa shape index (κ2) is 5.68. The molecule has 0 atom stereocenters. The minimum Gasteiger partial charge on any atom is -0.454 e. The fourth-order valence-electron chi connectivity index (χ4n) is 2.10. The Labute approximate surface area is 132 Å². The quantitative estimate of drug-likeness (QED) is 0.732. The van der Waals surface area contributed by atoms with E-state index in [0.717, 1.165) is 10.8 Å². The van der Waals surface area contributed by atoms with Crippen LogP contribution in [-0.4, -0.2) is 9.97 Å². The fraction of sp³-hybridized carbons (Fsp3) is 0. The van der Waals surface area contributed by atoms with Gasteiger partial charge in [-0.3, -0.25) is 0 Å². The lowest BCUT2D eigenvalue weighted by molar-refractivity contribution is 0.485. The minimum atomic E-state index is 0.198. The Hall–Kier alpha value is -2.17. The van der Waals surface area contributed by atoms with Crippen LogP contribution in [0.5, 0.6) is 11.5 Å². The number of hydrogen-bond acceptors (Lipinski definition) is 3. The summed E-state index contributed by atoms with van der Waals surface area (Å²) >= 11 is 11.2. The van der Waals surface area contributed by atoms with Gasteiger partial charge in [0.15, 0.2) is 5.75 Å². The summed E-state index contributed by atoms with van der Waals surface area (Å²) < 4.78 is 5.95. The molecule has 3 nitrogen and oxygen atoms in total. The third-order valence-electron chi connectivity index (χ3n) is 3.05. The van der Waals surface area contributed by atoms with E-state index in [0.29, 0.717) is 22.2 Å². The maximum atomic E-state index is 6.21. The van der Waals surface area contributed by atoms with Crippen LogP contribution in [0.25, 0.3) is 10.8 Å². The van der Waals surface area contributed by atoms with Crippen molar-refractivity contribution in [3.05, 3.63) is 65.4 Å². The molecule has 0 aliphatic rings. The predicted molar refractivity (Wildman–Crippen MR) is 89.2 cm³/mol. The van der Waals surface area contributed by atoms with Gasteiger partial charge in [-0.15, -0.1) is 0 Å². The third kappa shape index (κ3) is 2.68. The number of rotatable bonds is 3. The summed E-state index contributed by atoms with van der Waals surface area (Å²) in [5.41, 5.74) is 6.14. The fourth-order valence-corrected chi connectivity index (χ4v) is 2.48. The van der Waals surface area contributed by atoms with Gasteiger partial charge in [0, 0.05) is 22.0 Å². The van der Waals surface area contributed by atoms with E-state index in [-0.39, 0.29) is 4.99 Å². The van der Waals surface area contributed by atoms with E-state index >= 15 is 0 Å². The number of aromatic nitrogens is 1. The molecule has 0 aliphatic carbocycles. The Bertz CT molecular complexity index is 835. The molecule has 21 heavy (non-hydrogen) atoms. The minimum absolute atomic E-state index is 0.198. The van der Waals surface area contributed by atoms with Crippen LogP contribution in [0.3, 0.4) is 0 Å². The van der Waals surface area contributed by atoms with Crippen LogP contribution in [0.15, 0.2) is 54.7 Å². The summed E-state index contributed by atoms with van der Waals surface area (Å²) in [6, 6.07) is 14.9. The molecule has 0 saturated heterocycles. The SMILES string of the molecule is NC(=S)c1ncccc1Oc1ccc(Cl)c2ccccc12. The topological polar surface area (TPSA) is 48.1 Å². The summed E-state index contributed by atoms with van der Waals surface area (Å²) in [6.07, 6.45) is 1.63. The number of benzene rings is 2. The van der Waals surface area contributed by atoms with E-state index in [4.69, 9.17) is 34.3 Å². The molecule has 2 aromatic carbocycles. The number of nitrogens with zero attached hydrogens (tertiary/aromatic N) is 1. The summed E-state index contributed by atoms with van der Waals surface area (Å²) in [6.45, 7) is 0. The van der Waals surface area contributed by atoms with Gasteiger partial charge in [0.05, 0.1) is 0 Å². The van der Waals surface area contributed by atoms with E-state index in [2.05, 4.69) is 4.98 Å². The maximum Gasteiger partial charge on any atom is 0.156 e. The second-order valence-electron chi connectivity index (χ2n) is 4.41. The highest BCUT2D eigenvalue weighted by molar-refractivity contribution is 7.80. The molecule has 0 radical (unpaired) electrons. The maximum absolute atomic E-state index is 6.21. The summed E-state index contributed by atoms with van der Waals surface area (Å²) in [5, 5.41) is 2.53. The zero-order chi connectivity index (χ0) is 14.8. The van der Waals surface area contributed by atoms with Gasteiger partial charge in [0.25, 0.3) is 0 Å². The van der Waals surface area contributed by atoms with Crippen molar-refractivity contribution in [3.8, 4) is 11.5 Å². The Morgan fingerprint density at radius 3 is 2.52 bits per heavy atom. The number of hydrogen-bond donors (Lipinski definition) is 1. The predicted octanol–water partition coefficient (Wildman–Crippen LogP) is 4.31. The van der Waals surface area contributed by atoms with Gasteiger partial charge in [-0.2, -0.15) is 0 Å². The van der Waals surface area contributed by atoms with Gasteiger partial charge in [0.2, 0.25) is 0 Å². The largest absolute Gasteiger partial charge is 0.454 e. The van der Waals surface area contributed by atoms with E-state index in [9.17, 15) is 0 Å². The van der Waals surface area contributed by atoms with Gasteiger partial charge >= 0.3 is 0 Å². The molecule has 0 amide bonds. The number of nitrogens with two attached hydrogens (primary N) is 1. The van der Waals surface area contributed by atoms with Crippen molar-refractivity contribution in [2.75, 3.05) is 0 Å². The van der Waals surface area contributed by atoms with E-state index < -0.39 is 0 Å². The normalized spacial score (nSPS) is 10.5. The van der Waals surface area contributed by atoms with Crippen LogP contribution >= 0.6 is 23.8 Å². The number of thiocarbonyl (C=S) groups is 1. The van der Waals surface area contributed by atoms with Crippen molar-refractivity contribution in [1.29, 1.82) is 0 Å². The van der Waals surface area contributed by atoms with Crippen LogP contribution in [0.1, 0.15) is 5.69 Å². The van der Waals surface area contributed by atoms with Crippen molar-refractivity contribution in [2.24, 2.45) is 5.73 Å². The highest BCUT2D eigenvalue weighted by atomic mass is 35.5. The van der Waals surface area contributed by atoms with Gasteiger partial charge in [-0.1, -0.05) is 48.1 Å². The zero-order valence-corrected chi connectivity index (χ0v) is 12.5. The van der Waals surface area contributed by atoms with E-state index in [1.807, 2.05) is 30.3 Å². The van der Waals surface area contributed by atoms with Gasteiger partial charge in [-0.25, -0.2) is 4.98 Å². The molecule has 0 spiro atoms. The van der Waals surface area contributed by atoms with Crippen LogP contribution in [-0.2, 0) is 0 Å². The Kier molecular flexibility index (Phi) is 3.73. The standard InChI is InChI=1S/C16H11ClN2OS/c17-12-7-8-13(11-5-2-1-4-10(11)12)20-14-6-3-9-19-15(14)16(18)21/h1-9H,(H2,18,21).